The number of ether oxygens (including phenoxy) is 1. The summed E-state index contributed by atoms with van der Waals surface area (Å²) in [5.74, 6) is -0.165. The zero-order chi connectivity index (χ0) is 14.4. The Morgan fingerprint density at radius 1 is 1.45 bits per heavy atom. The van der Waals surface area contributed by atoms with E-state index in [1.54, 1.807) is 6.21 Å². The lowest BCUT2D eigenvalue weighted by molar-refractivity contribution is -0.143. The molecule has 20 heavy (non-hydrogen) atoms. The molecule has 1 aliphatic heterocycles. The van der Waals surface area contributed by atoms with E-state index in [4.69, 9.17) is 10.5 Å². The Kier molecular flexibility index (Phi) is 4.76. The van der Waals surface area contributed by atoms with E-state index in [-0.39, 0.29) is 5.97 Å². The first kappa shape index (κ1) is 14.1. The van der Waals surface area contributed by atoms with Crippen LogP contribution in [0.3, 0.4) is 0 Å². The molecule has 0 saturated heterocycles. The fourth-order valence-electron chi connectivity index (χ4n) is 2.05. The maximum absolute atomic E-state index is 11.3. The van der Waals surface area contributed by atoms with Crippen LogP contribution in [0.15, 0.2) is 29.4 Å². The number of hydrogen-bond acceptors (Lipinski definition) is 5. The molecular formula is C15H19N3O2. The topological polar surface area (TPSA) is 67.9 Å². The van der Waals surface area contributed by atoms with Gasteiger partial charge < -0.3 is 10.5 Å². The van der Waals surface area contributed by atoms with Crippen molar-refractivity contribution in [3.8, 4) is 0 Å². The highest BCUT2D eigenvalue weighted by molar-refractivity contribution is 5.85. The third kappa shape index (κ3) is 3.60. The molecule has 5 heteroatoms. The first-order chi connectivity index (χ1) is 9.70. The first-order valence-electron chi connectivity index (χ1n) is 6.74. The van der Waals surface area contributed by atoms with Gasteiger partial charge in [-0.15, -0.1) is 0 Å². The van der Waals surface area contributed by atoms with E-state index < -0.39 is 0 Å². The van der Waals surface area contributed by atoms with Crippen LogP contribution < -0.4 is 10.7 Å². The molecule has 0 fully saturated rings. The predicted octanol–water partition coefficient (Wildman–Crippen LogP) is 2.43. The van der Waals surface area contributed by atoms with Crippen molar-refractivity contribution in [2.45, 2.75) is 19.8 Å². The number of hydrogen-bond donors (Lipinski definition) is 1. The number of carbonyl (C=O) groups excluding carboxylic acids is 1. The van der Waals surface area contributed by atoms with Gasteiger partial charge in [-0.05, 0) is 37.6 Å². The van der Waals surface area contributed by atoms with Crippen LogP contribution in [0.5, 0.6) is 0 Å². The summed E-state index contributed by atoms with van der Waals surface area (Å²) in [7, 11) is 0. The summed E-state index contributed by atoms with van der Waals surface area (Å²) in [4.78, 5) is 11.3. The molecule has 5 nitrogen and oxygen atoms in total. The standard InChI is InChI=1S/C15H19N3O2/c1-2-20-15(19)6-4-10-18-14-8-7-13(16)11-12(14)5-3-9-17-18/h3,5,7-9,11H,2,4,6,10,16H2,1H3. The molecule has 0 spiro atoms. The van der Waals surface area contributed by atoms with Gasteiger partial charge in [-0.1, -0.05) is 6.08 Å². The van der Waals surface area contributed by atoms with Crippen molar-refractivity contribution >= 4 is 29.6 Å². The van der Waals surface area contributed by atoms with E-state index >= 15 is 0 Å². The largest absolute Gasteiger partial charge is 0.466 e. The number of nitrogens with two attached hydrogens (primary N) is 1. The van der Waals surface area contributed by atoms with E-state index in [2.05, 4.69) is 5.10 Å². The minimum Gasteiger partial charge on any atom is -0.466 e. The Balaban J connectivity index is 2.01. The number of rotatable bonds is 5. The molecule has 0 amide bonds. The van der Waals surface area contributed by atoms with Gasteiger partial charge in [0.15, 0.2) is 0 Å². The Labute approximate surface area is 118 Å². The van der Waals surface area contributed by atoms with Gasteiger partial charge in [-0.3, -0.25) is 9.80 Å². The van der Waals surface area contributed by atoms with Crippen LogP contribution in [-0.4, -0.2) is 25.3 Å². The number of esters is 1. The quantitative estimate of drug-likeness (QED) is 0.661. The fraction of sp³-hybridized carbons (Fsp3) is 0.333. The van der Waals surface area contributed by atoms with Crippen molar-refractivity contribution in [1.82, 2.24) is 0 Å². The Morgan fingerprint density at radius 2 is 2.30 bits per heavy atom. The summed E-state index contributed by atoms with van der Waals surface area (Å²) in [6.45, 7) is 2.89. The van der Waals surface area contributed by atoms with Crippen molar-refractivity contribution in [3.63, 3.8) is 0 Å². The fourth-order valence-corrected chi connectivity index (χ4v) is 2.05. The number of nitrogens with zero attached hydrogens (tertiary/aromatic N) is 2. The van der Waals surface area contributed by atoms with Crippen LogP contribution in [0.4, 0.5) is 11.4 Å². The van der Waals surface area contributed by atoms with Gasteiger partial charge in [-0.25, -0.2) is 0 Å². The summed E-state index contributed by atoms with van der Waals surface area (Å²) in [6.07, 6.45) is 6.68. The average Bonchev–Trinajstić information content (AvgIpc) is 2.61. The van der Waals surface area contributed by atoms with Crippen molar-refractivity contribution in [2.75, 3.05) is 23.9 Å². The maximum Gasteiger partial charge on any atom is 0.305 e. The minimum absolute atomic E-state index is 0.165. The third-order valence-corrected chi connectivity index (χ3v) is 2.95. The van der Waals surface area contributed by atoms with Crippen LogP contribution in [0.25, 0.3) is 6.08 Å². The summed E-state index contributed by atoms with van der Waals surface area (Å²) >= 11 is 0. The molecule has 1 aliphatic rings. The number of hydrazone groups is 1. The molecule has 0 atom stereocenters. The van der Waals surface area contributed by atoms with Crippen LogP contribution >= 0.6 is 0 Å². The maximum atomic E-state index is 11.3. The zero-order valence-corrected chi connectivity index (χ0v) is 11.6. The van der Waals surface area contributed by atoms with Gasteiger partial charge in [0.25, 0.3) is 0 Å². The van der Waals surface area contributed by atoms with Gasteiger partial charge in [0.1, 0.15) is 0 Å². The monoisotopic (exact) mass is 273 g/mol. The second-order valence-electron chi connectivity index (χ2n) is 4.47. The summed E-state index contributed by atoms with van der Waals surface area (Å²) in [5.41, 5.74) is 8.54. The lowest BCUT2D eigenvalue weighted by atomic mass is 10.1. The van der Waals surface area contributed by atoms with Gasteiger partial charge in [0.05, 0.1) is 12.3 Å². The first-order valence-corrected chi connectivity index (χ1v) is 6.74. The van der Waals surface area contributed by atoms with Crippen molar-refractivity contribution < 1.29 is 9.53 Å². The Hall–Kier alpha value is -2.30. The number of carbonyl (C=O) groups is 1. The lowest BCUT2D eigenvalue weighted by Crippen LogP contribution is -2.19. The second-order valence-corrected chi connectivity index (χ2v) is 4.47. The Morgan fingerprint density at radius 3 is 3.10 bits per heavy atom. The van der Waals surface area contributed by atoms with Crippen LogP contribution in [0, 0.1) is 0 Å². The molecule has 0 aromatic heterocycles. The number of anilines is 2. The van der Waals surface area contributed by atoms with Crippen LogP contribution in [-0.2, 0) is 9.53 Å². The summed E-state index contributed by atoms with van der Waals surface area (Å²) in [6, 6.07) is 5.72. The molecule has 0 radical (unpaired) electrons. The summed E-state index contributed by atoms with van der Waals surface area (Å²) in [5, 5.41) is 6.25. The van der Waals surface area contributed by atoms with Gasteiger partial charge in [-0.2, -0.15) is 5.10 Å². The van der Waals surface area contributed by atoms with E-state index in [1.807, 2.05) is 42.3 Å². The number of benzene rings is 1. The minimum atomic E-state index is -0.165. The normalized spacial score (nSPS) is 12.9. The molecule has 0 aliphatic carbocycles. The van der Waals surface area contributed by atoms with Gasteiger partial charge >= 0.3 is 5.97 Å². The van der Waals surface area contributed by atoms with E-state index in [9.17, 15) is 4.79 Å². The molecule has 0 saturated carbocycles. The summed E-state index contributed by atoms with van der Waals surface area (Å²) < 4.78 is 4.92. The number of allylic oxidation sites excluding steroid dienone is 1. The molecule has 1 aromatic carbocycles. The highest BCUT2D eigenvalue weighted by Gasteiger charge is 2.12. The molecule has 106 valence electrons. The van der Waals surface area contributed by atoms with Gasteiger partial charge in [0.2, 0.25) is 0 Å². The highest BCUT2D eigenvalue weighted by atomic mass is 16.5. The molecule has 1 aromatic rings. The zero-order valence-electron chi connectivity index (χ0n) is 11.6. The third-order valence-electron chi connectivity index (χ3n) is 2.95. The molecule has 2 rings (SSSR count). The second kappa shape index (κ2) is 6.75. The molecule has 0 unspecified atom stereocenters. The lowest BCUT2D eigenvalue weighted by Gasteiger charge is -2.20. The van der Waals surface area contributed by atoms with E-state index in [0.29, 0.717) is 26.0 Å². The van der Waals surface area contributed by atoms with Crippen molar-refractivity contribution in [3.05, 3.63) is 29.8 Å². The smallest absolute Gasteiger partial charge is 0.305 e. The highest BCUT2D eigenvalue weighted by Crippen LogP contribution is 2.26. The van der Waals surface area contributed by atoms with Crippen LogP contribution in [0.2, 0.25) is 0 Å². The van der Waals surface area contributed by atoms with E-state index in [0.717, 1.165) is 16.9 Å². The SMILES string of the molecule is CCOC(=O)CCCN1N=CC=Cc2cc(N)ccc21. The number of nitrogen functional groups attached to an aromatic ring is 1. The molecular weight excluding hydrogens is 254 g/mol. The van der Waals surface area contributed by atoms with Crippen molar-refractivity contribution in [1.29, 1.82) is 0 Å². The average molecular weight is 273 g/mol. The Bertz CT molecular complexity index is 538. The molecule has 2 N–H and O–H groups in total. The van der Waals surface area contributed by atoms with Crippen LogP contribution in [0.1, 0.15) is 25.3 Å². The molecule has 1 heterocycles. The molecule has 0 bridgehead atoms. The van der Waals surface area contributed by atoms with E-state index in [1.165, 1.54) is 0 Å². The number of fused-ring (bicyclic) bond motifs is 1. The van der Waals surface area contributed by atoms with Gasteiger partial charge in [0, 0.05) is 30.4 Å². The predicted molar refractivity (Wildman–Crippen MR) is 81.6 cm³/mol. The van der Waals surface area contributed by atoms with Crippen molar-refractivity contribution in [2.24, 2.45) is 5.10 Å².